The molecule has 67 heavy (non-hydrogen) atoms. The second-order valence-electron chi connectivity index (χ2n) is 19.3. The molecule has 0 radical (unpaired) electrons. The number of methoxy groups -OCH3 is 1. The van der Waals surface area contributed by atoms with Crippen LogP contribution in [-0.4, -0.2) is 152 Å². The number of carbonyl (C=O) groups is 4. The average Bonchev–Trinajstić information content (AvgIpc) is 3.84. The number of ether oxygens (including phenoxy) is 6. The quantitative estimate of drug-likeness (QED) is 0.110. The van der Waals surface area contributed by atoms with Gasteiger partial charge in [0.2, 0.25) is 0 Å². The highest BCUT2D eigenvalue weighted by atomic mass is 19.1. The van der Waals surface area contributed by atoms with Crippen molar-refractivity contribution in [2.24, 2.45) is 23.7 Å². The number of aromatic nitrogens is 4. The number of amides is 1. The predicted octanol–water partition coefficient (Wildman–Crippen LogP) is 5.74. The number of unbranched alkanes of at least 4 members (excludes halogenated alkanes) is 1. The number of Topliss-reactive ketones (excluding diaryl/α,β-unsaturated/α-hetero) is 1. The van der Waals surface area contributed by atoms with Gasteiger partial charge in [-0.05, 0) is 91.1 Å². The Kier molecular flexibility index (Phi) is 17.2. The van der Waals surface area contributed by atoms with Crippen LogP contribution in [0.4, 0.5) is 9.18 Å². The highest BCUT2D eigenvalue weighted by molar-refractivity contribution is 5.85. The van der Waals surface area contributed by atoms with Crippen LogP contribution in [0.5, 0.6) is 0 Å². The van der Waals surface area contributed by atoms with Crippen molar-refractivity contribution >= 4 is 35.0 Å². The Morgan fingerprint density at radius 1 is 1.00 bits per heavy atom. The number of esters is 2. The maximum absolute atomic E-state index is 15.0. The summed E-state index contributed by atoms with van der Waals surface area (Å²) in [4.78, 5) is 74.1. The molecule has 0 saturated carbocycles. The Morgan fingerprint density at radius 2 is 1.73 bits per heavy atom. The summed E-state index contributed by atoms with van der Waals surface area (Å²) < 4.78 is 54.1. The summed E-state index contributed by atoms with van der Waals surface area (Å²) in [6, 6.07) is 7.60. The van der Waals surface area contributed by atoms with Crippen LogP contribution in [0.3, 0.4) is 0 Å². The van der Waals surface area contributed by atoms with Crippen molar-refractivity contribution in [1.82, 2.24) is 29.3 Å². The number of rotatable bonds is 15. The monoisotopic (exact) mass is 939 g/mol. The number of hydrogen-bond donors (Lipinski definition) is 1. The van der Waals surface area contributed by atoms with Gasteiger partial charge in [0, 0.05) is 62.9 Å². The summed E-state index contributed by atoms with van der Waals surface area (Å²) in [5.41, 5.74) is -0.829. The molecule has 0 aliphatic carbocycles. The largest absolute Gasteiger partial charge is 0.461 e. The molecule has 1 amide bonds. The summed E-state index contributed by atoms with van der Waals surface area (Å²) in [5, 5.41) is 11.8. The van der Waals surface area contributed by atoms with E-state index in [0.29, 0.717) is 37.1 Å². The van der Waals surface area contributed by atoms with Gasteiger partial charge < -0.3 is 43.0 Å². The van der Waals surface area contributed by atoms with Crippen molar-refractivity contribution in [2.75, 3.05) is 33.9 Å². The fourth-order valence-electron chi connectivity index (χ4n) is 10.8. The number of aryl methyl sites for hydroxylation is 1. The molecular formula is C49H71FN6O11. The van der Waals surface area contributed by atoms with Crippen LogP contribution in [0.25, 0.3) is 11.2 Å². The van der Waals surface area contributed by atoms with Gasteiger partial charge in [-0.25, -0.2) is 19.2 Å². The highest BCUT2D eigenvalue weighted by Gasteiger charge is 2.60. The van der Waals surface area contributed by atoms with Gasteiger partial charge in [-0.1, -0.05) is 33.8 Å². The van der Waals surface area contributed by atoms with Crippen LogP contribution in [0, 0.1) is 23.7 Å². The second-order valence-corrected chi connectivity index (χ2v) is 19.3. The van der Waals surface area contributed by atoms with E-state index in [2.05, 4.69) is 15.0 Å². The molecule has 17 nitrogen and oxygen atoms in total. The lowest BCUT2D eigenvalue weighted by Crippen LogP contribution is -2.61. The standard InChI is InChI=1S/C49H71FN6O11/c1-11-37-49(8)42(56(47(61)67-49)23-15-14-22-55-28-53-44-35(55)18-16-21-52-44)31(4)39(58)29(2)27-48(7,62-10)43(66-46-40(59)36(25-30(3)63-46)54(9)24-19-50)32(5)41(33(6)45(60)64-37)65-38(57)26-34-17-12-13-20-51-34/h12-13,16-18,20-21,28-33,36-37,40-43,46,59H,11,14-15,19,22-27H2,1-10H3/t29-,30+,31+,32+,33-,36-,37-,40+,41+,42-,43-,46-,48-,49-/m1/s1. The van der Waals surface area contributed by atoms with Crippen LogP contribution < -0.4 is 0 Å². The Hall–Kier alpha value is -4.62. The van der Waals surface area contributed by atoms with E-state index < -0.39 is 108 Å². The summed E-state index contributed by atoms with van der Waals surface area (Å²) in [5.74, 6) is -5.12. The lowest BCUT2D eigenvalue weighted by Gasteiger charge is -2.48. The third kappa shape index (κ3) is 11.3. The first-order chi connectivity index (χ1) is 31.9. The Bertz CT molecular complexity index is 2150. The van der Waals surface area contributed by atoms with E-state index in [1.165, 1.54) is 7.11 Å². The Balaban J connectivity index is 1.37. The zero-order chi connectivity index (χ0) is 48.8. The first-order valence-corrected chi connectivity index (χ1v) is 23.8. The van der Waals surface area contributed by atoms with Gasteiger partial charge in [0.25, 0.3) is 0 Å². The number of nitrogens with zero attached hydrogens (tertiary/aromatic N) is 6. The average molecular weight is 939 g/mol. The van der Waals surface area contributed by atoms with E-state index in [-0.39, 0.29) is 38.1 Å². The summed E-state index contributed by atoms with van der Waals surface area (Å²) >= 11 is 0. The minimum Gasteiger partial charge on any atom is -0.461 e. The van der Waals surface area contributed by atoms with Crippen LogP contribution in [-0.2, 0) is 55.8 Å². The number of aliphatic hydroxyl groups is 1. The Morgan fingerprint density at radius 3 is 2.42 bits per heavy atom. The molecule has 370 valence electrons. The van der Waals surface area contributed by atoms with Crippen LogP contribution in [0.1, 0.15) is 93.2 Å². The summed E-state index contributed by atoms with van der Waals surface area (Å²) in [6.07, 6.45) is -0.149. The number of imidazole rings is 1. The molecular weight excluding hydrogens is 868 g/mol. The molecule has 18 heteroatoms. The van der Waals surface area contributed by atoms with Gasteiger partial charge in [-0.15, -0.1) is 0 Å². The maximum atomic E-state index is 15.0. The molecule has 1 N–H and O–H groups in total. The van der Waals surface area contributed by atoms with Crippen molar-refractivity contribution in [3.63, 3.8) is 0 Å². The number of carbonyl (C=O) groups excluding carboxylic acids is 4. The van der Waals surface area contributed by atoms with Crippen LogP contribution in [0.15, 0.2) is 49.1 Å². The van der Waals surface area contributed by atoms with E-state index in [1.54, 1.807) is 95.3 Å². The molecule has 6 heterocycles. The number of aliphatic hydroxyl groups excluding tert-OH is 1. The van der Waals surface area contributed by atoms with Gasteiger partial charge >= 0.3 is 18.0 Å². The van der Waals surface area contributed by atoms with Gasteiger partial charge in [0.1, 0.15) is 30.8 Å². The number of fused-ring (bicyclic) bond motifs is 2. The first kappa shape index (κ1) is 51.8. The minimum atomic E-state index is -1.46. The number of hydrogen-bond acceptors (Lipinski definition) is 15. The third-order valence-electron chi connectivity index (χ3n) is 14.4. The smallest absolute Gasteiger partial charge is 0.410 e. The van der Waals surface area contributed by atoms with Crippen molar-refractivity contribution in [3.8, 4) is 0 Å². The number of ketones is 1. The van der Waals surface area contributed by atoms with Crippen molar-refractivity contribution in [1.29, 1.82) is 0 Å². The van der Waals surface area contributed by atoms with Gasteiger partial charge in [-0.3, -0.25) is 24.3 Å². The van der Waals surface area contributed by atoms with E-state index in [0.717, 1.165) is 5.52 Å². The number of cyclic esters (lactones) is 1. The van der Waals surface area contributed by atoms with E-state index in [4.69, 9.17) is 28.4 Å². The predicted molar refractivity (Wildman–Crippen MR) is 244 cm³/mol. The second kappa shape index (κ2) is 22.2. The lowest BCUT2D eigenvalue weighted by molar-refractivity contribution is -0.302. The molecule has 6 rings (SSSR count). The zero-order valence-electron chi connectivity index (χ0n) is 40.7. The molecule has 0 spiro atoms. The lowest BCUT2D eigenvalue weighted by atomic mass is 9.73. The van der Waals surface area contributed by atoms with E-state index in [9.17, 15) is 23.9 Å². The van der Waals surface area contributed by atoms with E-state index >= 15 is 4.79 Å². The molecule has 3 fully saturated rings. The molecule has 3 aliphatic rings. The summed E-state index contributed by atoms with van der Waals surface area (Å²) in [7, 11) is 3.22. The number of pyridine rings is 2. The first-order valence-electron chi connectivity index (χ1n) is 23.8. The van der Waals surface area contributed by atoms with Gasteiger partial charge in [0.15, 0.2) is 17.5 Å². The molecule has 3 aromatic heterocycles. The normalized spacial score (nSPS) is 34.4. The topological polar surface area (TPSA) is 194 Å². The van der Waals surface area contributed by atoms with Crippen molar-refractivity contribution in [2.45, 2.75) is 161 Å². The molecule has 3 aliphatic heterocycles. The Labute approximate surface area is 393 Å². The molecule has 3 aromatic rings. The zero-order valence-corrected chi connectivity index (χ0v) is 40.7. The number of alkyl halides is 1. The maximum Gasteiger partial charge on any atom is 0.410 e. The molecule has 0 unspecified atom stereocenters. The fraction of sp³-hybridized carbons (Fsp3) is 0.694. The number of likely N-dealkylation sites (N-methyl/N-ethyl adjacent to an activating group) is 1. The molecule has 3 saturated heterocycles. The van der Waals surface area contributed by atoms with Crippen molar-refractivity contribution < 1.29 is 57.1 Å². The van der Waals surface area contributed by atoms with Crippen LogP contribution >= 0.6 is 0 Å². The van der Waals surface area contributed by atoms with Crippen molar-refractivity contribution in [3.05, 3.63) is 54.7 Å². The number of halogens is 1. The van der Waals surface area contributed by atoms with E-state index in [1.807, 2.05) is 30.5 Å². The van der Waals surface area contributed by atoms with Gasteiger partial charge in [0.05, 0.1) is 53.7 Å². The fourth-order valence-corrected chi connectivity index (χ4v) is 10.8. The molecule has 0 aromatic carbocycles. The third-order valence-corrected chi connectivity index (χ3v) is 14.4. The summed E-state index contributed by atoms with van der Waals surface area (Å²) in [6.45, 7) is 14.4. The van der Waals surface area contributed by atoms with Gasteiger partial charge in [-0.2, -0.15) is 0 Å². The minimum absolute atomic E-state index is 0.0713. The highest BCUT2D eigenvalue weighted by Crippen LogP contribution is 2.44. The molecule has 0 bridgehead atoms. The van der Waals surface area contributed by atoms with Crippen LogP contribution in [0.2, 0.25) is 0 Å². The SMILES string of the molecule is CC[C@H]1OC(=O)[C@H](C)[C@@H](OC(=O)Cc2ccccn2)[C@H](C)[C@@H](O[C@H]2O[C@@H](C)C[C@@H](N(C)CCF)[C@@H]2O)[C@](C)(OC)C[C@@H](C)C(=O)[C@H](C)[C@H]2N(CCCCn3cnc4ncccc43)C(=O)O[C@]12C. The molecule has 14 atom stereocenters.